The molecule has 0 bridgehead atoms. The molecule has 0 radical (unpaired) electrons. The van der Waals surface area contributed by atoms with Crippen molar-refractivity contribution < 1.29 is 18.7 Å². The van der Waals surface area contributed by atoms with Crippen molar-refractivity contribution >= 4 is 17.3 Å². The lowest BCUT2D eigenvalue weighted by atomic mass is 9.73. The van der Waals surface area contributed by atoms with Crippen LogP contribution < -0.4 is 25.4 Å². The molecule has 0 spiro atoms. The minimum absolute atomic E-state index is 0.0698. The zero-order valence-corrected chi connectivity index (χ0v) is 21.2. The van der Waals surface area contributed by atoms with Gasteiger partial charge in [0.1, 0.15) is 23.9 Å². The van der Waals surface area contributed by atoms with Crippen LogP contribution in [0.15, 0.2) is 42.5 Å². The van der Waals surface area contributed by atoms with Gasteiger partial charge in [-0.15, -0.1) is 0 Å². The number of anilines is 2. The van der Waals surface area contributed by atoms with Crippen LogP contribution in [-0.2, 0) is 4.79 Å². The Morgan fingerprint density at radius 1 is 0.944 bits per heavy atom. The number of hydrogen-bond acceptors (Lipinski definition) is 5. The molecule has 2 aliphatic carbocycles. The van der Waals surface area contributed by atoms with Gasteiger partial charge in [-0.25, -0.2) is 4.39 Å². The molecule has 0 saturated heterocycles. The maximum Gasteiger partial charge on any atom is 0.228 e. The third kappa shape index (κ3) is 5.40. The van der Waals surface area contributed by atoms with E-state index in [9.17, 15) is 9.18 Å². The number of halogens is 1. The molecular formula is C29H38FN3O3. The molecule has 2 aromatic rings. The summed E-state index contributed by atoms with van der Waals surface area (Å²) in [7, 11) is 1.63. The van der Waals surface area contributed by atoms with Crippen molar-refractivity contribution in [3.8, 4) is 11.5 Å². The average molecular weight is 496 g/mol. The van der Waals surface area contributed by atoms with Crippen molar-refractivity contribution in [3.63, 3.8) is 0 Å². The van der Waals surface area contributed by atoms with Gasteiger partial charge in [-0.2, -0.15) is 0 Å². The topological polar surface area (TPSA) is 71.6 Å². The fraction of sp³-hybridized carbons (Fsp3) is 0.552. The maximum atomic E-state index is 14.2. The van der Waals surface area contributed by atoms with Crippen LogP contribution in [0.2, 0.25) is 0 Å². The predicted octanol–water partition coefficient (Wildman–Crippen LogP) is 6.09. The van der Waals surface area contributed by atoms with Gasteiger partial charge in [0.05, 0.1) is 24.4 Å². The first kappa shape index (κ1) is 24.7. The standard InChI is InChI=1S/C29H38FN3O3/c1-35-23-13-15-24(16-14-23)36-19-29(32-25-17-12-21(30)18-26(25)33-29)27(20-8-4-2-5-9-20)28(34)31-22-10-6-3-7-11-22/h12-18,20,22,27,32-33H,2-11,19H2,1H3,(H,31,34). The molecule has 2 saturated carbocycles. The highest BCUT2D eigenvalue weighted by Crippen LogP contribution is 2.44. The second kappa shape index (κ2) is 11.0. The first-order chi connectivity index (χ1) is 17.6. The molecule has 1 amide bonds. The molecule has 2 atom stereocenters. The average Bonchev–Trinajstić information content (AvgIpc) is 3.27. The normalized spacial score (nSPS) is 23.2. The van der Waals surface area contributed by atoms with Gasteiger partial charge in [-0.3, -0.25) is 4.79 Å². The van der Waals surface area contributed by atoms with Crippen molar-refractivity contribution in [2.75, 3.05) is 24.4 Å². The number of amides is 1. The fourth-order valence-corrected chi connectivity index (χ4v) is 6.27. The van der Waals surface area contributed by atoms with E-state index in [0.717, 1.165) is 62.8 Å². The molecule has 2 unspecified atom stereocenters. The van der Waals surface area contributed by atoms with E-state index < -0.39 is 5.66 Å². The monoisotopic (exact) mass is 495 g/mol. The Morgan fingerprint density at radius 3 is 2.28 bits per heavy atom. The van der Waals surface area contributed by atoms with Gasteiger partial charge in [0.15, 0.2) is 5.66 Å². The Balaban J connectivity index is 1.46. The zero-order valence-electron chi connectivity index (χ0n) is 21.2. The van der Waals surface area contributed by atoms with Crippen LogP contribution in [0.1, 0.15) is 64.2 Å². The minimum atomic E-state index is -0.892. The van der Waals surface area contributed by atoms with Crippen LogP contribution in [-0.4, -0.2) is 31.3 Å². The summed E-state index contributed by atoms with van der Waals surface area (Å²) < 4.78 is 25.8. The largest absolute Gasteiger partial charge is 0.497 e. The van der Waals surface area contributed by atoms with Crippen LogP contribution in [0, 0.1) is 17.7 Å². The minimum Gasteiger partial charge on any atom is -0.497 e. The second-order valence-electron chi connectivity index (χ2n) is 10.6. The number of ether oxygens (including phenoxy) is 2. The number of rotatable bonds is 8. The summed E-state index contributed by atoms with van der Waals surface area (Å²) in [6, 6.07) is 12.4. The van der Waals surface area contributed by atoms with Crippen molar-refractivity contribution in [1.29, 1.82) is 0 Å². The zero-order chi connectivity index (χ0) is 25.0. The molecule has 0 aromatic heterocycles. The molecule has 2 aromatic carbocycles. The number of benzene rings is 2. The SMILES string of the molecule is COc1ccc(OCC2(C(C(=O)NC3CCCCC3)C3CCCCC3)Nc3ccc(F)cc3N2)cc1. The summed E-state index contributed by atoms with van der Waals surface area (Å²) in [6.45, 7) is 0.217. The predicted molar refractivity (Wildman–Crippen MR) is 140 cm³/mol. The summed E-state index contributed by atoms with van der Waals surface area (Å²) in [5.41, 5.74) is 0.567. The molecule has 3 aliphatic rings. The summed E-state index contributed by atoms with van der Waals surface area (Å²) in [5, 5.41) is 10.5. The van der Waals surface area contributed by atoms with Crippen LogP contribution in [0.25, 0.3) is 0 Å². The highest BCUT2D eigenvalue weighted by Gasteiger charge is 2.51. The van der Waals surface area contributed by atoms with Gasteiger partial charge in [0.25, 0.3) is 0 Å². The number of hydrogen-bond donors (Lipinski definition) is 3. The molecular weight excluding hydrogens is 457 g/mol. The van der Waals surface area contributed by atoms with E-state index in [1.807, 2.05) is 24.3 Å². The van der Waals surface area contributed by atoms with E-state index in [-0.39, 0.29) is 36.2 Å². The lowest BCUT2D eigenvalue weighted by Crippen LogP contribution is -2.61. The smallest absolute Gasteiger partial charge is 0.228 e. The molecule has 5 rings (SSSR count). The number of methoxy groups -OCH3 is 1. The summed E-state index contributed by atoms with van der Waals surface area (Å²) in [6.07, 6.45) is 11.1. The summed E-state index contributed by atoms with van der Waals surface area (Å²) in [5.74, 6) is 1.05. The van der Waals surface area contributed by atoms with Gasteiger partial charge >= 0.3 is 0 Å². The number of carbonyl (C=O) groups excluding carboxylic acids is 1. The highest BCUT2D eigenvalue weighted by molar-refractivity contribution is 5.86. The van der Waals surface area contributed by atoms with E-state index in [2.05, 4.69) is 16.0 Å². The first-order valence-electron chi connectivity index (χ1n) is 13.5. The molecule has 36 heavy (non-hydrogen) atoms. The van der Waals surface area contributed by atoms with E-state index in [0.29, 0.717) is 11.4 Å². The van der Waals surface area contributed by atoms with Crippen LogP contribution in [0.4, 0.5) is 15.8 Å². The quantitative estimate of drug-likeness (QED) is 0.413. The van der Waals surface area contributed by atoms with E-state index in [1.54, 1.807) is 13.2 Å². The molecule has 194 valence electrons. The molecule has 6 nitrogen and oxygen atoms in total. The van der Waals surface area contributed by atoms with Gasteiger partial charge < -0.3 is 25.4 Å². The maximum absolute atomic E-state index is 14.2. The number of carbonyl (C=O) groups is 1. The van der Waals surface area contributed by atoms with E-state index in [1.165, 1.54) is 25.0 Å². The Hall–Kier alpha value is -2.96. The van der Waals surface area contributed by atoms with Gasteiger partial charge in [-0.1, -0.05) is 38.5 Å². The Labute approximate surface area is 213 Å². The molecule has 1 heterocycles. The van der Waals surface area contributed by atoms with Crippen LogP contribution in [0.5, 0.6) is 11.5 Å². The Bertz CT molecular complexity index is 1030. The summed E-state index contributed by atoms with van der Waals surface area (Å²) in [4.78, 5) is 14.1. The van der Waals surface area contributed by atoms with Crippen molar-refractivity contribution in [2.45, 2.75) is 75.9 Å². The van der Waals surface area contributed by atoms with E-state index in [4.69, 9.17) is 9.47 Å². The number of nitrogens with one attached hydrogen (secondary N) is 3. The summed E-state index contributed by atoms with van der Waals surface area (Å²) >= 11 is 0. The molecule has 7 heteroatoms. The van der Waals surface area contributed by atoms with Gasteiger partial charge in [0, 0.05) is 6.04 Å². The second-order valence-corrected chi connectivity index (χ2v) is 10.6. The third-order valence-electron chi connectivity index (χ3n) is 8.11. The Kier molecular flexibility index (Phi) is 7.54. The molecule has 3 N–H and O–H groups in total. The van der Waals surface area contributed by atoms with Gasteiger partial charge in [0.2, 0.25) is 5.91 Å². The lowest BCUT2D eigenvalue weighted by Gasteiger charge is -2.43. The third-order valence-corrected chi connectivity index (χ3v) is 8.11. The van der Waals surface area contributed by atoms with Crippen molar-refractivity contribution in [1.82, 2.24) is 5.32 Å². The highest BCUT2D eigenvalue weighted by atomic mass is 19.1. The molecule has 1 aliphatic heterocycles. The van der Waals surface area contributed by atoms with Crippen LogP contribution >= 0.6 is 0 Å². The first-order valence-corrected chi connectivity index (χ1v) is 13.5. The van der Waals surface area contributed by atoms with Gasteiger partial charge in [-0.05, 0) is 74.1 Å². The van der Waals surface area contributed by atoms with Crippen LogP contribution in [0.3, 0.4) is 0 Å². The fourth-order valence-electron chi connectivity index (χ4n) is 6.27. The number of fused-ring (bicyclic) bond motifs is 1. The van der Waals surface area contributed by atoms with Crippen molar-refractivity contribution in [2.24, 2.45) is 11.8 Å². The molecule has 2 fully saturated rings. The Morgan fingerprint density at radius 2 is 1.58 bits per heavy atom. The van der Waals surface area contributed by atoms with Crippen molar-refractivity contribution in [3.05, 3.63) is 48.3 Å². The van der Waals surface area contributed by atoms with E-state index >= 15 is 0 Å². The lowest BCUT2D eigenvalue weighted by molar-refractivity contribution is -0.130.